The topological polar surface area (TPSA) is 78.5 Å². The Labute approximate surface area is 134 Å². The standard InChI is InChI=1S/C17H14N6/c18-9-14-1-3-16(4-2-14)11-22-12-20-23(13-22)21-17-7-5-15(10-19)6-8-17/h1-8,12,21H,11,13H2. The van der Waals surface area contributed by atoms with Crippen LogP contribution in [0.25, 0.3) is 0 Å². The van der Waals surface area contributed by atoms with Gasteiger partial charge in [-0.15, -0.1) is 5.10 Å². The molecule has 6 nitrogen and oxygen atoms in total. The molecule has 0 aromatic heterocycles. The maximum atomic E-state index is 8.81. The van der Waals surface area contributed by atoms with Gasteiger partial charge in [0.15, 0.2) is 0 Å². The molecule has 1 heterocycles. The predicted molar refractivity (Wildman–Crippen MR) is 86.7 cm³/mol. The minimum Gasteiger partial charge on any atom is -0.336 e. The Morgan fingerprint density at radius 3 is 2.17 bits per heavy atom. The van der Waals surface area contributed by atoms with Crippen molar-refractivity contribution in [3.8, 4) is 12.1 Å². The van der Waals surface area contributed by atoms with Crippen molar-refractivity contribution in [2.45, 2.75) is 6.54 Å². The minimum atomic E-state index is 0.611. The molecule has 0 saturated carbocycles. The van der Waals surface area contributed by atoms with Gasteiger partial charge in [-0.25, -0.2) is 0 Å². The van der Waals surface area contributed by atoms with E-state index in [0.717, 1.165) is 17.8 Å². The maximum absolute atomic E-state index is 8.81. The van der Waals surface area contributed by atoms with Gasteiger partial charge in [-0.05, 0) is 42.0 Å². The first kappa shape index (κ1) is 14.4. The molecule has 0 aliphatic carbocycles. The minimum absolute atomic E-state index is 0.611. The third-order valence-electron chi connectivity index (χ3n) is 3.41. The summed E-state index contributed by atoms with van der Waals surface area (Å²) in [6, 6.07) is 18.9. The summed E-state index contributed by atoms with van der Waals surface area (Å²) in [5, 5.41) is 23.6. The van der Waals surface area contributed by atoms with Crippen LogP contribution in [0.1, 0.15) is 16.7 Å². The molecule has 0 atom stereocenters. The summed E-state index contributed by atoms with van der Waals surface area (Å²) in [6.07, 6.45) is 1.77. The average molecular weight is 302 g/mol. The van der Waals surface area contributed by atoms with E-state index in [1.54, 1.807) is 23.6 Å². The smallest absolute Gasteiger partial charge is 0.130 e. The van der Waals surface area contributed by atoms with Crippen molar-refractivity contribution >= 4 is 12.0 Å². The lowest BCUT2D eigenvalue weighted by Gasteiger charge is -2.20. The van der Waals surface area contributed by atoms with Crippen molar-refractivity contribution in [1.29, 1.82) is 10.5 Å². The first-order valence-electron chi connectivity index (χ1n) is 7.08. The van der Waals surface area contributed by atoms with Gasteiger partial charge in [0.05, 0.1) is 29.0 Å². The zero-order valence-electron chi connectivity index (χ0n) is 12.3. The number of anilines is 1. The summed E-state index contributed by atoms with van der Waals surface area (Å²) in [6.45, 7) is 1.33. The van der Waals surface area contributed by atoms with E-state index in [2.05, 4.69) is 27.6 Å². The molecule has 0 spiro atoms. The largest absolute Gasteiger partial charge is 0.336 e. The molecule has 23 heavy (non-hydrogen) atoms. The van der Waals surface area contributed by atoms with Gasteiger partial charge in [-0.3, -0.25) is 5.43 Å². The Balaban J connectivity index is 1.55. The van der Waals surface area contributed by atoms with E-state index in [1.807, 2.05) is 36.4 Å². The molecular formula is C17H14N6. The molecule has 0 amide bonds. The number of hydrogen-bond acceptors (Lipinski definition) is 6. The highest BCUT2D eigenvalue weighted by atomic mass is 15.8. The van der Waals surface area contributed by atoms with Crippen LogP contribution in [0, 0.1) is 22.7 Å². The molecule has 112 valence electrons. The van der Waals surface area contributed by atoms with Crippen molar-refractivity contribution in [3.05, 3.63) is 65.2 Å². The van der Waals surface area contributed by atoms with Crippen molar-refractivity contribution in [2.24, 2.45) is 5.10 Å². The summed E-state index contributed by atoms with van der Waals surface area (Å²) < 4.78 is 0. The van der Waals surface area contributed by atoms with E-state index >= 15 is 0 Å². The molecule has 0 fully saturated rings. The summed E-state index contributed by atoms with van der Waals surface area (Å²) in [5.41, 5.74) is 6.45. The number of hydrazine groups is 1. The fourth-order valence-corrected chi connectivity index (χ4v) is 2.22. The van der Waals surface area contributed by atoms with Gasteiger partial charge in [-0.1, -0.05) is 12.1 Å². The summed E-state index contributed by atoms with van der Waals surface area (Å²) in [5.74, 6) is 0. The fraction of sp³-hybridized carbons (Fsp3) is 0.118. The van der Waals surface area contributed by atoms with Gasteiger partial charge >= 0.3 is 0 Å². The number of nitrogens with one attached hydrogen (secondary N) is 1. The molecule has 1 N–H and O–H groups in total. The van der Waals surface area contributed by atoms with Crippen LogP contribution in [0.3, 0.4) is 0 Å². The summed E-state index contributed by atoms with van der Waals surface area (Å²) >= 11 is 0. The van der Waals surface area contributed by atoms with E-state index in [0.29, 0.717) is 17.8 Å². The van der Waals surface area contributed by atoms with Crippen molar-refractivity contribution in [1.82, 2.24) is 10.0 Å². The van der Waals surface area contributed by atoms with E-state index in [1.165, 1.54) is 0 Å². The van der Waals surface area contributed by atoms with Crippen molar-refractivity contribution in [3.63, 3.8) is 0 Å². The first-order valence-corrected chi connectivity index (χ1v) is 7.08. The Hall–Kier alpha value is -3.51. The maximum Gasteiger partial charge on any atom is 0.130 e. The van der Waals surface area contributed by atoms with Crippen LogP contribution in [-0.2, 0) is 6.54 Å². The van der Waals surface area contributed by atoms with Gasteiger partial charge in [0.1, 0.15) is 13.0 Å². The monoisotopic (exact) mass is 302 g/mol. The highest BCUT2D eigenvalue weighted by Crippen LogP contribution is 2.14. The zero-order valence-corrected chi connectivity index (χ0v) is 12.3. The Bertz CT molecular complexity index is 712. The number of benzene rings is 2. The lowest BCUT2D eigenvalue weighted by Crippen LogP contribution is -2.30. The molecular weight excluding hydrogens is 288 g/mol. The number of rotatable bonds is 4. The SMILES string of the molecule is N#Cc1ccc(CN2C=NN(Nc3ccc(C#N)cc3)C2)cc1. The lowest BCUT2D eigenvalue weighted by molar-refractivity contribution is 0.271. The van der Waals surface area contributed by atoms with Crippen LogP contribution in [0.5, 0.6) is 0 Å². The van der Waals surface area contributed by atoms with Gasteiger partial charge in [0, 0.05) is 6.54 Å². The second-order valence-corrected chi connectivity index (χ2v) is 5.13. The van der Waals surface area contributed by atoms with Gasteiger partial charge in [-0.2, -0.15) is 15.6 Å². The Kier molecular flexibility index (Phi) is 4.08. The fourth-order valence-electron chi connectivity index (χ4n) is 2.22. The molecule has 1 aliphatic rings. The molecule has 6 heteroatoms. The second-order valence-electron chi connectivity index (χ2n) is 5.13. The summed E-state index contributed by atoms with van der Waals surface area (Å²) in [7, 11) is 0. The third-order valence-corrected chi connectivity index (χ3v) is 3.41. The molecule has 2 aromatic rings. The normalized spacial score (nSPS) is 12.8. The van der Waals surface area contributed by atoms with Crippen LogP contribution < -0.4 is 5.43 Å². The van der Waals surface area contributed by atoms with Crippen LogP contribution in [0.2, 0.25) is 0 Å². The first-order chi connectivity index (χ1) is 11.3. The number of hydrazone groups is 1. The van der Waals surface area contributed by atoms with E-state index in [9.17, 15) is 0 Å². The van der Waals surface area contributed by atoms with Crippen LogP contribution in [0.15, 0.2) is 53.6 Å². The van der Waals surface area contributed by atoms with Crippen LogP contribution >= 0.6 is 0 Å². The predicted octanol–water partition coefficient (Wildman–Crippen LogP) is 2.48. The highest BCUT2D eigenvalue weighted by Gasteiger charge is 2.14. The van der Waals surface area contributed by atoms with Gasteiger partial charge < -0.3 is 4.90 Å². The van der Waals surface area contributed by atoms with E-state index in [4.69, 9.17) is 10.5 Å². The quantitative estimate of drug-likeness (QED) is 0.938. The molecule has 0 unspecified atom stereocenters. The molecule has 0 radical (unpaired) electrons. The molecule has 1 aliphatic heterocycles. The third kappa shape index (κ3) is 3.58. The van der Waals surface area contributed by atoms with Crippen molar-refractivity contribution in [2.75, 3.05) is 12.1 Å². The van der Waals surface area contributed by atoms with Crippen LogP contribution in [0.4, 0.5) is 5.69 Å². The van der Waals surface area contributed by atoms with Gasteiger partial charge in [0.2, 0.25) is 0 Å². The number of nitrogens with zero attached hydrogens (tertiary/aromatic N) is 5. The number of nitriles is 2. The molecule has 2 aromatic carbocycles. The second kappa shape index (κ2) is 6.50. The summed E-state index contributed by atoms with van der Waals surface area (Å²) in [4.78, 5) is 2.05. The molecule has 0 saturated heterocycles. The Morgan fingerprint density at radius 2 is 1.57 bits per heavy atom. The average Bonchev–Trinajstić information content (AvgIpc) is 3.03. The van der Waals surface area contributed by atoms with Gasteiger partial charge in [0.25, 0.3) is 0 Å². The lowest BCUT2D eigenvalue weighted by atomic mass is 10.1. The van der Waals surface area contributed by atoms with E-state index < -0.39 is 0 Å². The molecule has 0 bridgehead atoms. The Morgan fingerprint density at radius 1 is 0.957 bits per heavy atom. The van der Waals surface area contributed by atoms with Crippen molar-refractivity contribution < 1.29 is 0 Å². The zero-order chi connectivity index (χ0) is 16.1. The van der Waals surface area contributed by atoms with Crippen LogP contribution in [-0.4, -0.2) is 23.0 Å². The van der Waals surface area contributed by atoms with E-state index in [-0.39, 0.29) is 0 Å². The molecule has 3 rings (SSSR count). The number of hydrogen-bond donors (Lipinski definition) is 1. The highest BCUT2D eigenvalue weighted by molar-refractivity contribution is 5.57.